The molecule has 6 nitrogen and oxygen atoms in total. The second kappa shape index (κ2) is 6.97. The maximum absolute atomic E-state index is 12.1. The number of esters is 2. The van der Waals surface area contributed by atoms with E-state index >= 15 is 0 Å². The summed E-state index contributed by atoms with van der Waals surface area (Å²) in [6, 6.07) is 4.55. The van der Waals surface area contributed by atoms with Gasteiger partial charge in [-0.1, -0.05) is 0 Å². The van der Waals surface area contributed by atoms with Crippen molar-refractivity contribution in [2.45, 2.75) is 33.3 Å². The van der Waals surface area contributed by atoms with Crippen LogP contribution >= 0.6 is 0 Å². The zero-order valence-corrected chi connectivity index (χ0v) is 12.8. The topological polar surface area (TPSA) is 87.9 Å². The highest BCUT2D eigenvalue weighted by Crippen LogP contribution is 2.24. The van der Waals surface area contributed by atoms with Crippen LogP contribution in [0.3, 0.4) is 0 Å². The Bertz CT molecular complexity index is 519. The average Bonchev–Trinajstić information content (AvgIpc) is 2.35. The predicted octanol–water partition coefficient (Wildman–Crippen LogP) is 2.17. The van der Waals surface area contributed by atoms with E-state index in [1.807, 2.05) is 0 Å². The molecule has 0 bridgehead atoms. The fourth-order valence-corrected chi connectivity index (χ4v) is 1.51. The Kier molecular flexibility index (Phi) is 5.58. The molecule has 0 saturated heterocycles. The van der Waals surface area contributed by atoms with Crippen molar-refractivity contribution in [3.05, 3.63) is 23.8 Å². The van der Waals surface area contributed by atoms with Gasteiger partial charge in [-0.05, 0) is 45.9 Å². The maximum atomic E-state index is 12.1. The van der Waals surface area contributed by atoms with Gasteiger partial charge in [-0.3, -0.25) is 0 Å². The lowest BCUT2D eigenvalue weighted by Crippen LogP contribution is -2.24. The highest BCUT2D eigenvalue weighted by Gasteiger charge is 2.21. The van der Waals surface area contributed by atoms with Crippen LogP contribution in [0.5, 0.6) is 5.75 Å². The molecule has 1 rings (SSSR count). The van der Waals surface area contributed by atoms with Gasteiger partial charge >= 0.3 is 11.9 Å². The van der Waals surface area contributed by atoms with E-state index in [0.29, 0.717) is 5.69 Å². The van der Waals surface area contributed by atoms with Crippen LogP contribution in [-0.4, -0.2) is 30.8 Å². The fourth-order valence-electron chi connectivity index (χ4n) is 1.51. The van der Waals surface area contributed by atoms with Crippen LogP contribution in [0.2, 0.25) is 0 Å². The van der Waals surface area contributed by atoms with Gasteiger partial charge in [0.15, 0.2) is 6.61 Å². The zero-order chi connectivity index (χ0) is 16.0. The minimum atomic E-state index is -0.639. The van der Waals surface area contributed by atoms with Gasteiger partial charge in [-0.15, -0.1) is 0 Å². The van der Waals surface area contributed by atoms with E-state index in [0.717, 1.165) is 0 Å². The lowest BCUT2D eigenvalue weighted by Gasteiger charge is -2.20. The quantitative estimate of drug-likeness (QED) is 0.661. The number of carbonyl (C=O) groups excluding carboxylic acids is 2. The normalized spacial score (nSPS) is 10.9. The SMILES string of the molecule is CCOC(=O)COc1ccc(N)cc1C(=O)OC(C)(C)C. The second-order valence-electron chi connectivity index (χ2n) is 5.35. The third kappa shape index (κ3) is 5.72. The Hall–Kier alpha value is -2.24. The number of benzene rings is 1. The Labute approximate surface area is 124 Å². The first-order valence-corrected chi connectivity index (χ1v) is 6.64. The zero-order valence-electron chi connectivity index (χ0n) is 12.8. The molecular formula is C15H21NO5. The van der Waals surface area contributed by atoms with Crippen LogP contribution in [0.1, 0.15) is 38.1 Å². The molecule has 0 saturated carbocycles. The number of ether oxygens (including phenoxy) is 3. The molecule has 0 radical (unpaired) electrons. The summed E-state index contributed by atoms with van der Waals surface area (Å²) in [5, 5.41) is 0. The number of carbonyl (C=O) groups is 2. The largest absolute Gasteiger partial charge is 0.481 e. The first kappa shape index (κ1) is 16.8. The third-order valence-electron chi connectivity index (χ3n) is 2.27. The molecule has 0 aliphatic carbocycles. The van der Waals surface area contributed by atoms with Crippen molar-refractivity contribution in [1.82, 2.24) is 0 Å². The number of anilines is 1. The third-order valence-corrected chi connectivity index (χ3v) is 2.27. The summed E-state index contributed by atoms with van der Waals surface area (Å²) in [5.74, 6) is -0.843. The molecule has 116 valence electrons. The Morgan fingerprint density at radius 3 is 2.48 bits per heavy atom. The molecule has 0 unspecified atom stereocenters. The van der Waals surface area contributed by atoms with Gasteiger partial charge in [-0.25, -0.2) is 9.59 Å². The van der Waals surface area contributed by atoms with Gasteiger partial charge < -0.3 is 19.9 Å². The van der Waals surface area contributed by atoms with Crippen LogP contribution in [0.25, 0.3) is 0 Å². The van der Waals surface area contributed by atoms with Gasteiger partial charge in [-0.2, -0.15) is 0 Å². The lowest BCUT2D eigenvalue weighted by atomic mass is 10.1. The molecule has 0 spiro atoms. The van der Waals surface area contributed by atoms with Crippen molar-refractivity contribution < 1.29 is 23.8 Å². The molecule has 1 aromatic carbocycles. The van der Waals surface area contributed by atoms with Crippen LogP contribution < -0.4 is 10.5 Å². The van der Waals surface area contributed by atoms with Crippen molar-refractivity contribution in [3.8, 4) is 5.75 Å². The monoisotopic (exact) mass is 295 g/mol. The van der Waals surface area contributed by atoms with E-state index in [4.69, 9.17) is 19.9 Å². The van der Waals surface area contributed by atoms with Crippen molar-refractivity contribution in [3.63, 3.8) is 0 Å². The van der Waals surface area contributed by atoms with Gasteiger partial charge in [0.1, 0.15) is 16.9 Å². The summed E-state index contributed by atoms with van der Waals surface area (Å²) < 4.78 is 15.4. The molecular weight excluding hydrogens is 274 g/mol. The van der Waals surface area contributed by atoms with E-state index < -0.39 is 17.5 Å². The fraction of sp³-hybridized carbons (Fsp3) is 0.467. The Balaban J connectivity index is 2.89. The van der Waals surface area contributed by atoms with Crippen molar-refractivity contribution in [2.75, 3.05) is 18.9 Å². The molecule has 0 fully saturated rings. The van der Waals surface area contributed by atoms with Crippen molar-refractivity contribution in [1.29, 1.82) is 0 Å². The summed E-state index contributed by atoms with van der Waals surface area (Å²) in [6.45, 7) is 6.96. The van der Waals surface area contributed by atoms with Crippen LogP contribution in [0.4, 0.5) is 5.69 Å². The van der Waals surface area contributed by atoms with Crippen molar-refractivity contribution in [2.24, 2.45) is 0 Å². The van der Waals surface area contributed by atoms with E-state index in [9.17, 15) is 9.59 Å². The Morgan fingerprint density at radius 1 is 1.24 bits per heavy atom. The molecule has 0 atom stereocenters. The first-order valence-electron chi connectivity index (χ1n) is 6.64. The summed E-state index contributed by atoms with van der Waals surface area (Å²) in [5.41, 5.74) is 5.62. The lowest BCUT2D eigenvalue weighted by molar-refractivity contribution is -0.145. The van der Waals surface area contributed by atoms with Crippen molar-refractivity contribution >= 4 is 17.6 Å². The standard InChI is InChI=1S/C15H21NO5/c1-5-19-13(17)9-20-12-7-6-10(16)8-11(12)14(18)21-15(2,3)4/h6-8H,5,9,16H2,1-4H3. The maximum Gasteiger partial charge on any atom is 0.344 e. The molecule has 0 heterocycles. The van der Waals surface area contributed by atoms with Gasteiger partial charge in [0.05, 0.1) is 6.61 Å². The van der Waals surface area contributed by atoms with Gasteiger partial charge in [0.25, 0.3) is 0 Å². The van der Waals surface area contributed by atoms with Crippen LogP contribution in [0.15, 0.2) is 18.2 Å². The predicted molar refractivity (Wildman–Crippen MR) is 78.2 cm³/mol. The molecule has 2 N–H and O–H groups in total. The van der Waals surface area contributed by atoms with E-state index in [2.05, 4.69) is 0 Å². The summed E-state index contributed by atoms with van der Waals surface area (Å²) in [4.78, 5) is 23.4. The minimum absolute atomic E-state index is 0.175. The summed E-state index contributed by atoms with van der Waals surface area (Å²) >= 11 is 0. The minimum Gasteiger partial charge on any atom is -0.481 e. The summed E-state index contributed by atoms with van der Waals surface area (Å²) in [6.07, 6.45) is 0. The van der Waals surface area contributed by atoms with Crippen LogP contribution in [0, 0.1) is 0 Å². The smallest absolute Gasteiger partial charge is 0.344 e. The average molecular weight is 295 g/mol. The molecule has 6 heteroatoms. The molecule has 0 aromatic heterocycles. The molecule has 1 aromatic rings. The van der Waals surface area contributed by atoms with Gasteiger partial charge in [0, 0.05) is 5.69 Å². The number of nitrogens with two attached hydrogens (primary N) is 1. The molecule has 0 aliphatic rings. The number of hydrogen-bond donors (Lipinski definition) is 1. The second-order valence-corrected chi connectivity index (χ2v) is 5.35. The highest BCUT2D eigenvalue weighted by molar-refractivity contribution is 5.94. The van der Waals surface area contributed by atoms with Gasteiger partial charge in [0.2, 0.25) is 0 Å². The first-order chi connectivity index (χ1) is 9.73. The number of nitrogen functional groups attached to an aromatic ring is 1. The van der Waals surface area contributed by atoms with E-state index in [1.165, 1.54) is 12.1 Å². The van der Waals surface area contributed by atoms with Crippen LogP contribution in [-0.2, 0) is 14.3 Å². The van der Waals surface area contributed by atoms with E-state index in [-0.39, 0.29) is 24.5 Å². The molecule has 21 heavy (non-hydrogen) atoms. The number of rotatable bonds is 5. The Morgan fingerprint density at radius 2 is 1.90 bits per heavy atom. The highest BCUT2D eigenvalue weighted by atomic mass is 16.6. The van der Waals surface area contributed by atoms with E-state index in [1.54, 1.807) is 33.8 Å². The molecule has 0 amide bonds. The summed E-state index contributed by atoms with van der Waals surface area (Å²) in [7, 11) is 0. The molecule has 0 aliphatic heterocycles. The number of hydrogen-bond acceptors (Lipinski definition) is 6.